The van der Waals surface area contributed by atoms with Crippen molar-refractivity contribution in [2.75, 3.05) is 6.54 Å². The highest BCUT2D eigenvalue weighted by molar-refractivity contribution is 5.36. The SMILES string of the molecule is CCC1C=CC=CC2=C1NCC2. The molecule has 2 aliphatic rings. The average molecular weight is 161 g/mol. The number of allylic oxidation sites excluding steroid dienone is 4. The number of nitrogens with one attached hydrogen (secondary N) is 1. The van der Waals surface area contributed by atoms with E-state index in [1.807, 2.05) is 0 Å². The molecule has 0 radical (unpaired) electrons. The van der Waals surface area contributed by atoms with Crippen molar-refractivity contribution in [3.63, 3.8) is 0 Å². The minimum absolute atomic E-state index is 0.623. The molecule has 1 aliphatic heterocycles. The molecule has 12 heavy (non-hydrogen) atoms. The predicted octanol–water partition coefficient (Wildman–Crippen LogP) is 2.39. The standard InChI is InChI=1S/C11H15N/c1-2-9-5-3-4-6-10-7-8-12-11(9)10/h3-6,9,12H,2,7-8H2,1H3. The summed E-state index contributed by atoms with van der Waals surface area (Å²) in [6.45, 7) is 3.37. The molecule has 2 rings (SSSR count). The van der Waals surface area contributed by atoms with Crippen LogP contribution >= 0.6 is 0 Å². The van der Waals surface area contributed by atoms with Gasteiger partial charge in [0.25, 0.3) is 0 Å². The van der Waals surface area contributed by atoms with E-state index >= 15 is 0 Å². The minimum Gasteiger partial charge on any atom is -0.387 e. The molecule has 0 aromatic rings. The van der Waals surface area contributed by atoms with Gasteiger partial charge in [0.2, 0.25) is 0 Å². The summed E-state index contributed by atoms with van der Waals surface area (Å²) in [6.07, 6.45) is 11.2. The highest BCUT2D eigenvalue weighted by Crippen LogP contribution is 2.26. The van der Waals surface area contributed by atoms with Crippen molar-refractivity contribution in [3.05, 3.63) is 35.6 Å². The molecule has 64 valence electrons. The highest BCUT2D eigenvalue weighted by Gasteiger charge is 2.18. The molecule has 0 amide bonds. The lowest BCUT2D eigenvalue weighted by Crippen LogP contribution is -2.14. The summed E-state index contributed by atoms with van der Waals surface area (Å²) in [5, 5.41) is 3.48. The second kappa shape index (κ2) is 3.18. The normalized spacial score (nSPS) is 26.9. The van der Waals surface area contributed by atoms with Crippen molar-refractivity contribution in [2.24, 2.45) is 5.92 Å². The summed E-state index contributed by atoms with van der Waals surface area (Å²) in [4.78, 5) is 0. The van der Waals surface area contributed by atoms with Gasteiger partial charge in [-0.2, -0.15) is 0 Å². The molecule has 0 aromatic heterocycles. The summed E-state index contributed by atoms with van der Waals surface area (Å²) in [5.74, 6) is 0.623. The van der Waals surface area contributed by atoms with Crippen molar-refractivity contribution in [1.82, 2.24) is 5.32 Å². The Morgan fingerprint density at radius 1 is 1.50 bits per heavy atom. The van der Waals surface area contributed by atoms with Crippen molar-refractivity contribution >= 4 is 0 Å². The Morgan fingerprint density at radius 3 is 3.25 bits per heavy atom. The fraction of sp³-hybridized carbons (Fsp3) is 0.455. The number of hydrogen-bond donors (Lipinski definition) is 1. The Kier molecular flexibility index (Phi) is 2.03. The summed E-state index contributed by atoms with van der Waals surface area (Å²) in [7, 11) is 0. The van der Waals surface area contributed by atoms with Gasteiger partial charge in [0.15, 0.2) is 0 Å². The molecule has 1 nitrogen and oxygen atoms in total. The van der Waals surface area contributed by atoms with Gasteiger partial charge in [-0.3, -0.25) is 0 Å². The van der Waals surface area contributed by atoms with Crippen molar-refractivity contribution in [1.29, 1.82) is 0 Å². The first-order chi connectivity index (χ1) is 5.92. The minimum atomic E-state index is 0.623. The van der Waals surface area contributed by atoms with E-state index in [0.29, 0.717) is 5.92 Å². The van der Waals surface area contributed by atoms with Crippen LogP contribution in [0.25, 0.3) is 0 Å². The van der Waals surface area contributed by atoms with Crippen molar-refractivity contribution < 1.29 is 0 Å². The second-order valence-electron chi connectivity index (χ2n) is 3.37. The zero-order valence-electron chi connectivity index (χ0n) is 7.51. The smallest absolute Gasteiger partial charge is 0.0210 e. The van der Waals surface area contributed by atoms with Crippen molar-refractivity contribution in [2.45, 2.75) is 19.8 Å². The second-order valence-corrected chi connectivity index (χ2v) is 3.37. The van der Waals surface area contributed by atoms with E-state index < -0.39 is 0 Å². The van der Waals surface area contributed by atoms with Crippen molar-refractivity contribution in [3.8, 4) is 0 Å². The monoisotopic (exact) mass is 161 g/mol. The molecule has 0 aromatic carbocycles. The lowest BCUT2D eigenvalue weighted by molar-refractivity contribution is 0.668. The molecule has 0 fully saturated rings. The maximum atomic E-state index is 3.48. The lowest BCUT2D eigenvalue weighted by atomic mass is 10.00. The summed E-state index contributed by atoms with van der Waals surface area (Å²) >= 11 is 0. The maximum Gasteiger partial charge on any atom is 0.0210 e. The van der Waals surface area contributed by atoms with Crippen LogP contribution in [0.5, 0.6) is 0 Å². The van der Waals surface area contributed by atoms with E-state index in [9.17, 15) is 0 Å². The Balaban J connectivity index is 2.31. The van der Waals surface area contributed by atoms with Crippen LogP contribution in [0.4, 0.5) is 0 Å². The molecular formula is C11H15N. The summed E-state index contributed by atoms with van der Waals surface area (Å²) in [5.41, 5.74) is 2.97. The van der Waals surface area contributed by atoms with E-state index in [4.69, 9.17) is 0 Å². The van der Waals surface area contributed by atoms with Gasteiger partial charge in [-0.15, -0.1) is 0 Å². The van der Waals surface area contributed by atoms with E-state index in [-0.39, 0.29) is 0 Å². The van der Waals surface area contributed by atoms with E-state index in [2.05, 4.69) is 36.5 Å². The third-order valence-electron chi connectivity index (χ3n) is 2.62. The topological polar surface area (TPSA) is 12.0 Å². The third kappa shape index (κ3) is 1.20. The van der Waals surface area contributed by atoms with Gasteiger partial charge < -0.3 is 5.32 Å². The molecule has 0 bridgehead atoms. The summed E-state index contributed by atoms with van der Waals surface area (Å²) < 4.78 is 0. The van der Waals surface area contributed by atoms with E-state index in [1.54, 1.807) is 0 Å². The molecule has 1 heterocycles. The van der Waals surface area contributed by atoms with Gasteiger partial charge in [0, 0.05) is 18.2 Å². The van der Waals surface area contributed by atoms with Gasteiger partial charge in [0.1, 0.15) is 0 Å². The van der Waals surface area contributed by atoms with Crippen LogP contribution in [0.15, 0.2) is 35.6 Å². The molecule has 0 spiro atoms. The van der Waals surface area contributed by atoms with Crippen LogP contribution < -0.4 is 5.32 Å². The molecule has 1 aliphatic carbocycles. The molecular weight excluding hydrogens is 146 g/mol. The van der Waals surface area contributed by atoms with E-state index in [0.717, 1.165) is 6.54 Å². The van der Waals surface area contributed by atoms with Gasteiger partial charge in [-0.1, -0.05) is 31.2 Å². The molecule has 1 atom stereocenters. The van der Waals surface area contributed by atoms with Gasteiger partial charge in [-0.25, -0.2) is 0 Å². The fourth-order valence-electron chi connectivity index (χ4n) is 1.93. The van der Waals surface area contributed by atoms with Crippen LogP contribution in [0, 0.1) is 5.92 Å². The highest BCUT2D eigenvalue weighted by atomic mass is 14.9. The lowest BCUT2D eigenvalue weighted by Gasteiger charge is -2.12. The fourth-order valence-corrected chi connectivity index (χ4v) is 1.93. The Hall–Kier alpha value is -0.980. The molecule has 1 heteroatoms. The summed E-state index contributed by atoms with van der Waals surface area (Å²) in [6, 6.07) is 0. The van der Waals surface area contributed by atoms with Gasteiger partial charge in [-0.05, 0) is 18.4 Å². The van der Waals surface area contributed by atoms with Crippen LogP contribution in [0.1, 0.15) is 19.8 Å². The first-order valence-corrected chi connectivity index (χ1v) is 4.73. The van der Waals surface area contributed by atoms with Gasteiger partial charge >= 0.3 is 0 Å². The Morgan fingerprint density at radius 2 is 2.42 bits per heavy atom. The molecule has 1 N–H and O–H groups in total. The zero-order valence-corrected chi connectivity index (χ0v) is 7.51. The number of rotatable bonds is 1. The van der Waals surface area contributed by atoms with Crippen LogP contribution in [0.3, 0.4) is 0 Å². The predicted molar refractivity (Wildman–Crippen MR) is 51.7 cm³/mol. The Labute approximate surface area is 73.9 Å². The van der Waals surface area contributed by atoms with Crippen LogP contribution in [-0.2, 0) is 0 Å². The number of hydrogen-bond acceptors (Lipinski definition) is 1. The first-order valence-electron chi connectivity index (χ1n) is 4.73. The average Bonchev–Trinajstić information content (AvgIpc) is 2.46. The quantitative estimate of drug-likeness (QED) is 0.622. The molecule has 0 saturated carbocycles. The molecule has 1 unspecified atom stereocenters. The van der Waals surface area contributed by atoms with Crippen LogP contribution in [0.2, 0.25) is 0 Å². The van der Waals surface area contributed by atoms with Crippen LogP contribution in [-0.4, -0.2) is 6.54 Å². The third-order valence-corrected chi connectivity index (χ3v) is 2.62. The molecule has 0 saturated heterocycles. The zero-order chi connectivity index (χ0) is 8.39. The largest absolute Gasteiger partial charge is 0.387 e. The Bertz CT molecular complexity index is 258. The van der Waals surface area contributed by atoms with E-state index in [1.165, 1.54) is 24.1 Å². The maximum absolute atomic E-state index is 3.48. The first kappa shape index (κ1) is 7.66. The van der Waals surface area contributed by atoms with Gasteiger partial charge in [0.05, 0.1) is 0 Å².